The van der Waals surface area contributed by atoms with Gasteiger partial charge in [0.25, 0.3) is 0 Å². The van der Waals surface area contributed by atoms with Gasteiger partial charge >= 0.3 is 6.18 Å². The van der Waals surface area contributed by atoms with Crippen LogP contribution in [-0.2, 0) is 0 Å². The zero-order valence-electron chi connectivity index (χ0n) is 12.9. The van der Waals surface area contributed by atoms with E-state index < -0.39 is 12.1 Å². The Morgan fingerprint density at radius 3 is 2.10 bits per heavy atom. The maximum atomic E-state index is 12.6. The van der Waals surface area contributed by atoms with Crippen LogP contribution < -0.4 is 10.6 Å². The van der Waals surface area contributed by atoms with E-state index >= 15 is 0 Å². The summed E-state index contributed by atoms with van der Waals surface area (Å²) in [5.41, 5.74) is 0. The quantitative estimate of drug-likeness (QED) is 0.750. The summed E-state index contributed by atoms with van der Waals surface area (Å²) in [6.45, 7) is 9.22. The molecule has 0 aromatic carbocycles. The topological polar surface area (TPSA) is 24.1 Å². The molecule has 0 radical (unpaired) electrons. The van der Waals surface area contributed by atoms with Crippen LogP contribution in [0.2, 0.25) is 0 Å². The molecule has 1 aliphatic carbocycles. The van der Waals surface area contributed by atoms with Crippen molar-refractivity contribution < 1.29 is 13.2 Å². The van der Waals surface area contributed by atoms with Crippen LogP contribution in [0, 0.1) is 17.8 Å². The van der Waals surface area contributed by atoms with Gasteiger partial charge in [0.05, 0.1) is 5.92 Å². The second kappa shape index (κ2) is 8.23. The Hall–Kier alpha value is -0.290. The predicted octanol–water partition coefficient (Wildman–Crippen LogP) is 3.58. The minimum atomic E-state index is -3.99. The molecule has 1 saturated carbocycles. The largest absolute Gasteiger partial charge is 0.391 e. The highest BCUT2D eigenvalue weighted by molar-refractivity contribution is 4.79. The highest BCUT2D eigenvalue weighted by Gasteiger charge is 2.41. The standard InChI is InChI=1S/C15H29F3N2/c1-11(2)8-19-9-12(3)20-10-13-4-6-14(7-5-13)15(16,17)18/h11-14,19-20H,4-10H2,1-3H3. The molecule has 1 aliphatic rings. The molecule has 2 nitrogen and oxygen atoms in total. The first-order valence-corrected chi connectivity index (χ1v) is 7.79. The molecule has 0 amide bonds. The van der Waals surface area contributed by atoms with E-state index in [1.807, 2.05) is 0 Å². The molecule has 20 heavy (non-hydrogen) atoms. The number of hydrogen-bond acceptors (Lipinski definition) is 2. The number of halogens is 3. The van der Waals surface area contributed by atoms with E-state index in [0.717, 1.165) is 19.6 Å². The monoisotopic (exact) mass is 294 g/mol. The number of hydrogen-bond donors (Lipinski definition) is 2. The molecule has 1 fully saturated rings. The summed E-state index contributed by atoms with van der Waals surface area (Å²) in [6, 6.07) is 0.370. The fourth-order valence-corrected chi connectivity index (χ4v) is 2.72. The molecule has 0 aromatic heterocycles. The smallest absolute Gasteiger partial charge is 0.315 e. The molecule has 1 atom stereocenters. The number of nitrogens with one attached hydrogen (secondary N) is 2. The summed E-state index contributed by atoms with van der Waals surface area (Å²) in [4.78, 5) is 0. The van der Waals surface area contributed by atoms with E-state index in [4.69, 9.17) is 0 Å². The molecular formula is C15H29F3N2. The van der Waals surface area contributed by atoms with Crippen LogP contribution in [0.15, 0.2) is 0 Å². The third-order valence-corrected chi connectivity index (χ3v) is 4.07. The van der Waals surface area contributed by atoms with Gasteiger partial charge in [-0.25, -0.2) is 0 Å². The van der Waals surface area contributed by atoms with E-state index in [2.05, 4.69) is 31.4 Å². The van der Waals surface area contributed by atoms with Crippen molar-refractivity contribution >= 4 is 0 Å². The maximum absolute atomic E-state index is 12.6. The van der Waals surface area contributed by atoms with Crippen molar-refractivity contribution in [3.05, 3.63) is 0 Å². The number of rotatable bonds is 7. The van der Waals surface area contributed by atoms with Crippen LogP contribution >= 0.6 is 0 Å². The van der Waals surface area contributed by atoms with E-state index in [-0.39, 0.29) is 0 Å². The summed E-state index contributed by atoms with van der Waals surface area (Å²) in [7, 11) is 0. The van der Waals surface area contributed by atoms with Crippen molar-refractivity contribution in [1.82, 2.24) is 10.6 Å². The van der Waals surface area contributed by atoms with Crippen molar-refractivity contribution in [2.24, 2.45) is 17.8 Å². The molecule has 0 saturated heterocycles. The number of alkyl halides is 3. The van der Waals surface area contributed by atoms with Crippen molar-refractivity contribution in [2.75, 3.05) is 19.6 Å². The highest BCUT2D eigenvalue weighted by Crippen LogP contribution is 2.39. The van der Waals surface area contributed by atoms with E-state index in [0.29, 0.717) is 43.6 Å². The second-order valence-electron chi connectivity index (χ2n) is 6.62. The van der Waals surface area contributed by atoms with Gasteiger partial charge < -0.3 is 10.6 Å². The van der Waals surface area contributed by atoms with Crippen molar-refractivity contribution in [3.8, 4) is 0 Å². The lowest BCUT2D eigenvalue weighted by atomic mass is 9.81. The molecular weight excluding hydrogens is 265 g/mol. The zero-order valence-corrected chi connectivity index (χ0v) is 12.9. The summed E-state index contributed by atoms with van der Waals surface area (Å²) in [6.07, 6.45) is -2.00. The summed E-state index contributed by atoms with van der Waals surface area (Å²) in [5, 5.41) is 6.82. The van der Waals surface area contributed by atoms with Crippen LogP contribution in [0.1, 0.15) is 46.5 Å². The average molecular weight is 294 g/mol. The van der Waals surface area contributed by atoms with Gasteiger partial charge in [0.1, 0.15) is 0 Å². The minimum Gasteiger partial charge on any atom is -0.315 e. The van der Waals surface area contributed by atoms with Crippen LogP contribution in [0.5, 0.6) is 0 Å². The van der Waals surface area contributed by atoms with Crippen LogP contribution in [0.4, 0.5) is 13.2 Å². The summed E-state index contributed by atoms with van der Waals surface area (Å²) >= 11 is 0. The molecule has 0 aliphatic heterocycles. The molecule has 1 rings (SSSR count). The van der Waals surface area contributed by atoms with E-state index in [1.54, 1.807) is 0 Å². The van der Waals surface area contributed by atoms with E-state index in [9.17, 15) is 13.2 Å². The van der Waals surface area contributed by atoms with Gasteiger partial charge in [0.15, 0.2) is 0 Å². The molecule has 120 valence electrons. The lowest BCUT2D eigenvalue weighted by Gasteiger charge is -2.30. The molecule has 1 unspecified atom stereocenters. The first-order valence-electron chi connectivity index (χ1n) is 7.79. The third kappa shape index (κ3) is 6.93. The Kier molecular flexibility index (Phi) is 7.30. The van der Waals surface area contributed by atoms with Crippen LogP contribution in [-0.4, -0.2) is 31.9 Å². The first-order chi connectivity index (χ1) is 9.29. The Morgan fingerprint density at radius 1 is 1.00 bits per heavy atom. The van der Waals surface area contributed by atoms with Crippen molar-refractivity contribution in [1.29, 1.82) is 0 Å². The third-order valence-electron chi connectivity index (χ3n) is 4.07. The average Bonchev–Trinajstić information content (AvgIpc) is 2.35. The Morgan fingerprint density at radius 2 is 1.60 bits per heavy atom. The van der Waals surface area contributed by atoms with Gasteiger partial charge in [-0.3, -0.25) is 0 Å². The second-order valence-corrected chi connectivity index (χ2v) is 6.62. The molecule has 5 heteroatoms. The van der Waals surface area contributed by atoms with Gasteiger partial charge in [-0.2, -0.15) is 13.2 Å². The Bertz CT molecular complexity index is 258. The molecule has 0 heterocycles. The normalized spacial score (nSPS) is 25.9. The Labute approximate surface area is 120 Å². The van der Waals surface area contributed by atoms with Crippen LogP contribution in [0.3, 0.4) is 0 Å². The van der Waals surface area contributed by atoms with Gasteiger partial charge in [-0.1, -0.05) is 13.8 Å². The lowest BCUT2D eigenvalue weighted by molar-refractivity contribution is -0.183. The fraction of sp³-hybridized carbons (Fsp3) is 1.00. The summed E-state index contributed by atoms with van der Waals surface area (Å²) in [5.74, 6) is -0.0233. The molecule has 0 bridgehead atoms. The molecule has 2 N–H and O–H groups in total. The molecule has 0 aromatic rings. The maximum Gasteiger partial charge on any atom is 0.391 e. The SMILES string of the molecule is CC(C)CNCC(C)NCC1CCC(C(F)(F)F)CC1. The van der Waals surface area contributed by atoms with E-state index in [1.165, 1.54) is 0 Å². The Balaban J connectivity index is 2.12. The molecule has 0 spiro atoms. The zero-order chi connectivity index (χ0) is 15.2. The van der Waals surface area contributed by atoms with Gasteiger partial charge in [-0.05, 0) is 57.5 Å². The van der Waals surface area contributed by atoms with Crippen LogP contribution in [0.25, 0.3) is 0 Å². The van der Waals surface area contributed by atoms with Crippen molar-refractivity contribution in [2.45, 2.75) is 58.7 Å². The predicted molar refractivity (Wildman–Crippen MR) is 76.7 cm³/mol. The fourth-order valence-electron chi connectivity index (χ4n) is 2.72. The highest BCUT2D eigenvalue weighted by atomic mass is 19.4. The van der Waals surface area contributed by atoms with Gasteiger partial charge in [-0.15, -0.1) is 0 Å². The minimum absolute atomic E-state index is 0.301. The lowest BCUT2D eigenvalue weighted by Crippen LogP contribution is -2.40. The van der Waals surface area contributed by atoms with Gasteiger partial charge in [0.2, 0.25) is 0 Å². The summed E-state index contributed by atoms with van der Waals surface area (Å²) < 4.78 is 37.7. The van der Waals surface area contributed by atoms with Gasteiger partial charge in [0, 0.05) is 12.6 Å². The first kappa shape index (κ1) is 17.8. The van der Waals surface area contributed by atoms with Crippen molar-refractivity contribution in [3.63, 3.8) is 0 Å².